The molecule has 0 aliphatic carbocycles. The topological polar surface area (TPSA) is 76.4 Å². The zero-order chi connectivity index (χ0) is 22.9. The maximum Gasteiger partial charge on any atom is 0.191 e. The first kappa shape index (κ1) is 23.0. The van der Waals surface area contributed by atoms with Gasteiger partial charge in [0.1, 0.15) is 12.4 Å². The van der Waals surface area contributed by atoms with Crippen molar-refractivity contribution < 1.29 is 4.74 Å². The molecule has 4 rings (SSSR count). The van der Waals surface area contributed by atoms with Gasteiger partial charge in [-0.15, -0.1) is 10.2 Å². The van der Waals surface area contributed by atoms with Gasteiger partial charge in [-0.25, -0.2) is 4.99 Å². The second kappa shape index (κ2) is 11.6. The second-order valence-electron chi connectivity index (χ2n) is 8.49. The van der Waals surface area contributed by atoms with Gasteiger partial charge in [-0.1, -0.05) is 60.7 Å². The predicted molar refractivity (Wildman–Crippen MR) is 131 cm³/mol. The van der Waals surface area contributed by atoms with Crippen molar-refractivity contribution >= 4 is 5.96 Å². The standard InChI is InChI=1S/C26H34N6O/c1-20-30-31-25(32(20)2)19-29-26(28-18-23-14-9-17-33-23)27-16-15-24(21-10-5-3-6-11-21)22-12-7-4-8-13-22/h3-8,10-13,23-24H,9,14-19H2,1-2H3,(H2,27,28,29). The maximum absolute atomic E-state index is 5.78. The zero-order valence-corrected chi connectivity index (χ0v) is 19.6. The Kier molecular flexibility index (Phi) is 8.09. The number of ether oxygens (including phenoxy) is 1. The van der Waals surface area contributed by atoms with Crippen LogP contribution in [0.25, 0.3) is 0 Å². The minimum Gasteiger partial charge on any atom is -0.376 e. The number of guanidine groups is 1. The summed E-state index contributed by atoms with van der Waals surface area (Å²) < 4.78 is 7.75. The Bertz CT molecular complexity index is 972. The highest BCUT2D eigenvalue weighted by atomic mass is 16.5. The van der Waals surface area contributed by atoms with Crippen molar-refractivity contribution in [1.82, 2.24) is 25.4 Å². The average Bonchev–Trinajstić information content (AvgIpc) is 3.49. The van der Waals surface area contributed by atoms with E-state index >= 15 is 0 Å². The monoisotopic (exact) mass is 446 g/mol. The average molecular weight is 447 g/mol. The molecule has 1 atom stereocenters. The number of aromatic nitrogens is 3. The first-order chi connectivity index (χ1) is 16.2. The molecule has 0 bridgehead atoms. The molecule has 1 saturated heterocycles. The molecule has 3 aromatic rings. The van der Waals surface area contributed by atoms with Crippen LogP contribution in [-0.4, -0.2) is 46.5 Å². The summed E-state index contributed by atoms with van der Waals surface area (Å²) in [5, 5.41) is 15.4. The summed E-state index contributed by atoms with van der Waals surface area (Å²) >= 11 is 0. The molecule has 174 valence electrons. The van der Waals surface area contributed by atoms with E-state index in [1.807, 2.05) is 18.5 Å². The highest BCUT2D eigenvalue weighted by molar-refractivity contribution is 5.79. The lowest BCUT2D eigenvalue weighted by Crippen LogP contribution is -2.41. The summed E-state index contributed by atoms with van der Waals surface area (Å²) in [4.78, 5) is 4.79. The van der Waals surface area contributed by atoms with Crippen LogP contribution in [0.3, 0.4) is 0 Å². The number of aliphatic imine (C=N–C) groups is 1. The Balaban J connectivity index is 1.42. The first-order valence-corrected chi connectivity index (χ1v) is 11.8. The minimum absolute atomic E-state index is 0.246. The van der Waals surface area contributed by atoms with E-state index in [1.54, 1.807) is 0 Å². The summed E-state index contributed by atoms with van der Waals surface area (Å²) in [6.07, 6.45) is 3.42. The molecule has 1 unspecified atom stereocenters. The molecule has 2 aromatic carbocycles. The highest BCUT2D eigenvalue weighted by Crippen LogP contribution is 2.27. The van der Waals surface area contributed by atoms with Crippen LogP contribution in [0.5, 0.6) is 0 Å². The molecule has 2 heterocycles. The fourth-order valence-corrected chi connectivity index (χ4v) is 4.16. The smallest absolute Gasteiger partial charge is 0.191 e. The third kappa shape index (κ3) is 6.42. The van der Waals surface area contributed by atoms with Gasteiger partial charge in [0.15, 0.2) is 11.8 Å². The number of hydrogen-bond acceptors (Lipinski definition) is 4. The number of benzene rings is 2. The Morgan fingerprint density at radius 1 is 1.06 bits per heavy atom. The Hall–Kier alpha value is -3.19. The summed E-state index contributed by atoms with van der Waals surface area (Å²) in [5.41, 5.74) is 2.65. The van der Waals surface area contributed by atoms with Crippen LogP contribution in [0.1, 0.15) is 48.0 Å². The molecule has 0 radical (unpaired) electrons. The highest BCUT2D eigenvalue weighted by Gasteiger charge is 2.17. The van der Waals surface area contributed by atoms with Crippen molar-refractivity contribution in [2.45, 2.75) is 44.8 Å². The van der Waals surface area contributed by atoms with Gasteiger partial charge in [0, 0.05) is 32.7 Å². The van der Waals surface area contributed by atoms with Gasteiger partial charge in [0.05, 0.1) is 6.10 Å². The quantitative estimate of drug-likeness (QED) is 0.388. The van der Waals surface area contributed by atoms with Crippen LogP contribution >= 0.6 is 0 Å². The Morgan fingerprint density at radius 3 is 2.33 bits per heavy atom. The van der Waals surface area contributed by atoms with Crippen LogP contribution in [0.4, 0.5) is 0 Å². The van der Waals surface area contributed by atoms with Gasteiger partial charge in [-0.2, -0.15) is 0 Å². The van der Waals surface area contributed by atoms with E-state index < -0.39 is 0 Å². The molecule has 7 nitrogen and oxygen atoms in total. The first-order valence-electron chi connectivity index (χ1n) is 11.8. The Morgan fingerprint density at radius 2 is 1.76 bits per heavy atom. The minimum atomic E-state index is 0.246. The number of nitrogens with one attached hydrogen (secondary N) is 2. The van der Waals surface area contributed by atoms with E-state index in [0.29, 0.717) is 12.5 Å². The van der Waals surface area contributed by atoms with E-state index in [0.717, 1.165) is 56.6 Å². The summed E-state index contributed by atoms with van der Waals surface area (Å²) in [5.74, 6) is 2.83. The van der Waals surface area contributed by atoms with Crippen molar-refractivity contribution in [2.24, 2.45) is 12.0 Å². The van der Waals surface area contributed by atoms with E-state index in [9.17, 15) is 0 Å². The molecular weight excluding hydrogens is 412 g/mol. The number of hydrogen-bond donors (Lipinski definition) is 2. The lowest BCUT2D eigenvalue weighted by Gasteiger charge is -2.20. The number of rotatable bonds is 9. The van der Waals surface area contributed by atoms with Gasteiger partial charge < -0.3 is 19.9 Å². The SMILES string of the molecule is Cc1nnc(CN=C(NCCC(c2ccccc2)c2ccccc2)NCC2CCCO2)n1C. The van der Waals surface area contributed by atoms with Crippen molar-refractivity contribution in [3.8, 4) is 0 Å². The van der Waals surface area contributed by atoms with Gasteiger partial charge in [0.25, 0.3) is 0 Å². The van der Waals surface area contributed by atoms with Crippen LogP contribution in [0, 0.1) is 6.92 Å². The van der Waals surface area contributed by atoms with Crippen molar-refractivity contribution in [3.05, 3.63) is 83.4 Å². The molecule has 2 N–H and O–H groups in total. The van der Waals surface area contributed by atoms with Crippen LogP contribution in [-0.2, 0) is 18.3 Å². The molecule has 0 saturated carbocycles. The summed E-state index contributed by atoms with van der Waals surface area (Å²) in [7, 11) is 1.97. The lowest BCUT2D eigenvalue weighted by molar-refractivity contribution is 0.114. The number of nitrogens with zero attached hydrogens (tertiary/aromatic N) is 4. The summed E-state index contributed by atoms with van der Waals surface area (Å²) in [6.45, 7) is 4.82. The third-order valence-electron chi connectivity index (χ3n) is 6.21. The molecule has 1 aromatic heterocycles. The molecule has 1 fully saturated rings. The van der Waals surface area contributed by atoms with E-state index in [2.05, 4.69) is 81.5 Å². The molecule has 0 spiro atoms. The third-order valence-corrected chi connectivity index (χ3v) is 6.21. The normalized spacial score (nSPS) is 16.3. The summed E-state index contributed by atoms with van der Waals surface area (Å²) in [6, 6.07) is 21.4. The van der Waals surface area contributed by atoms with E-state index in [-0.39, 0.29) is 6.10 Å². The van der Waals surface area contributed by atoms with Crippen molar-refractivity contribution in [3.63, 3.8) is 0 Å². The molecule has 0 amide bonds. The van der Waals surface area contributed by atoms with Gasteiger partial charge in [-0.3, -0.25) is 0 Å². The van der Waals surface area contributed by atoms with Crippen LogP contribution < -0.4 is 10.6 Å². The molecule has 1 aliphatic heterocycles. The maximum atomic E-state index is 5.78. The lowest BCUT2D eigenvalue weighted by atomic mass is 9.88. The van der Waals surface area contributed by atoms with Gasteiger partial charge in [0.2, 0.25) is 0 Å². The number of aryl methyl sites for hydroxylation is 1. The van der Waals surface area contributed by atoms with Crippen molar-refractivity contribution in [2.75, 3.05) is 19.7 Å². The van der Waals surface area contributed by atoms with Crippen molar-refractivity contribution in [1.29, 1.82) is 0 Å². The fraction of sp³-hybridized carbons (Fsp3) is 0.423. The fourth-order valence-electron chi connectivity index (χ4n) is 4.16. The van der Waals surface area contributed by atoms with Gasteiger partial charge in [-0.05, 0) is 37.3 Å². The molecule has 1 aliphatic rings. The van der Waals surface area contributed by atoms with Crippen LogP contribution in [0.15, 0.2) is 65.7 Å². The van der Waals surface area contributed by atoms with E-state index in [4.69, 9.17) is 9.73 Å². The van der Waals surface area contributed by atoms with Crippen LogP contribution in [0.2, 0.25) is 0 Å². The molecule has 33 heavy (non-hydrogen) atoms. The zero-order valence-electron chi connectivity index (χ0n) is 19.6. The molecular formula is C26H34N6O. The second-order valence-corrected chi connectivity index (χ2v) is 8.49. The van der Waals surface area contributed by atoms with E-state index in [1.165, 1.54) is 11.1 Å². The van der Waals surface area contributed by atoms with Gasteiger partial charge >= 0.3 is 0 Å². The Labute approximate surface area is 196 Å². The largest absolute Gasteiger partial charge is 0.376 e. The predicted octanol–water partition coefficient (Wildman–Crippen LogP) is 3.56. The molecule has 7 heteroatoms.